The molecule has 1 unspecified atom stereocenters. The summed E-state index contributed by atoms with van der Waals surface area (Å²) in [7, 11) is 0. The largest absolute Gasteiger partial charge is 0.467 e. The van der Waals surface area contributed by atoms with Crippen LogP contribution in [0.3, 0.4) is 0 Å². The van der Waals surface area contributed by atoms with Crippen molar-refractivity contribution < 1.29 is 4.42 Å². The van der Waals surface area contributed by atoms with E-state index in [1.165, 1.54) is 0 Å². The molecule has 0 saturated carbocycles. The van der Waals surface area contributed by atoms with E-state index in [4.69, 9.17) is 10.8 Å². The van der Waals surface area contributed by atoms with Crippen LogP contribution >= 0.6 is 15.9 Å². The van der Waals surface area contributed by atoms with Gasteiger partial charge >= 0.3 is 0 Å². The maximum absolute atomic E-state index is 5.31. The van der Waals surface area contributed by atoms with Crippen LogP contribution in [0.15, 0.2) is 21.2 Å². The molecule has 0 saturated heterocycles. The number of halogens is 1. The first-order chi connectivity index (χ1) is 6.27. The Kier molecular flexibility index (Phi) is 4.07. The molecule has 0 bridgehead atoms. The van der Waals surface area contributed by atoms with Crippen LogP contribution < -0.4 is 5.32 Å². The summed E-state index contributed by atoms with van der Waals surface area (Å²) >= 11 is 3.37. The topological polar surface area (TPSA) is 25.2 Å². The number of hydrogen-bond acceptors (Lipinski definition) is 2. The Hall–Kier alpha value is -0.720. The second-order valence-electron chi connectivity index (χ2n) is 2.70. The zero-order chi connectivity index (χ0) is 9.68. The normalized spacial score (nSPS) is 12.4. The van der Waals surface area contributed by atoms with Gasteiger partial charge in [-0.1, -0.05) is 12.8 Å². The fourth-order valence-corrected chi connectivity index (χ4v) is 1.33. The van der Waals surface area contributed by atoms with Crippen molar-refractivity contribution in [2.75, 3.05) is 0 Å². The average Bonchev–Trinajstić information content (AvgIpc) is 2.54. The second kappa shape index (κ2) is 5.11. The zero-order valence-corrected chi connectivity index (χ0v) is 9.10. The summed E-state index contributed by atoms with van der Waals surface area (Å²) in [4.78, 5) is 0. The Balaban J connectivity index is 2.44. The molecule has 0 radical (unpaired) electrons. The van der Waals surface area contributed by atoms with Gasteiger partial charge in [-0.2, -0.15) is 0 Å². The minimum absolute atomic E-state index is 0.122. The van der Waals surface area contributed by atoms with Gasteiger partial charge in [-0.3, -0.25) is 5.32 Å². The van der Waals surface area contributed by atoms with E-state index in [1.54, 1.807) is 6.26 Å². The van der Waals surface area contributed by atoms with Crippen LogP contribution in [0.4, 0.5) is 0 Å². The summed E-state index contributed by atoms with van der Waals surface area (Å²) in [5.41, 5.74) is 0. The Morgan fingerprint density at radius 2 is 2.54 bits per heavy atom. The van der Waals surface area contributed by atoms with Gasteiger partial charge in [0.15, 0.2) is 0 Å². The van der Waals surface area contributed by atoms with Crippen LogP contribution in [0.2, 0.25) is 0 Å². The molecule has 1 aromatic rings. The number of furan rings is 1. The van der Waals surface area contributed by atoms with Crippen molar-refractivity contribution in [2.45, 2.75) is 25.9 Å². The van der Waals surface area contributed by atoms with Gasteiger partial charge in [0.1, 0.15) is 5.76 Å². The summed E-state index contributed by atoms with van der Waals surface area (Å²) in [5.74, 6) is 3.55. The zero-order valence-electron chi connectivity index (χ0n) is 7.51. The van der Waals surface area contributed by atoms with Gasteiger partial charge in [-0.25, -0.2) is 0 Å². The van der Waals surface area contributed by atoms with Gasteiger partial charge in [-0.05, 0) is 28.4 Å². The highest BCUT2D eigenvalue weighted by atomic mass is 79.9. The molecule has 0 spiro atoms. The number of terminal acetylenes is 1. The third kappa shape index (κ3) is 2.91. The molecule has 0 aliphatic carbocycles. The van der Waals surface area contributed by atoms with E-state index < -0.39 is 0 Å². The molecular formula is C10H12BrNO. The van der Waals surface area contributed by atoms with Gasteiger partial charge < -0.3 is 4.42 Å². The molecule has 1 rings (SSSR count). The molecule has 2 nitrogen and oxygen atoms in total. The third-order valence-corrected chi connectivity index (χ3v) is 2.52. The molecule has 0 aromatic carbocycles. The van der Waals surface area contributed by atoms with Gasteiger partial charge in [0, 0.05) is 0 Å². The molecule has 13 heavy (non-hydrogen) atoms. The lowest BCUT2D eigenvalue weighted by molar-refractivity contribution is 0.465. The lowest BCUT2D eigenvalue weighted by atomic mass is 10.2. The van der Waals surface area contributed by atoms with Crippen molar-refractivity contribution in [1.29, 1.82) is 0 Å². The molecular weight excluding hydrogens is 230 g/mol. The van der Waals surface area contributed by atoms with E-state index in [9.17, 15) is 0 Å². The van der Waals surface area contributed by atoms with Crippen molar-refractivity contribution in [2.24, 2.45) is 0 Å². The molecule has 1 N–H and O–H groups in total. The molecule has 0 aliphatic heterocycles. The van der Waals surface area contributed by atoms with Crippen molar-refractivity contribution in [3.05, 3.63) is 22.6 Å². The highest BCUT2D eigenvalue weighted by Gasteiger charge is 2.05. The fraction of sp³-hybridized carbons (Fsp3) is 0.400. The molecule has 1 aromatic heterocycles. The van der Waals surface area contributed by atoms with Gasteiger partial charge in [0.05, 0.1) is 23.3 Å². The molecule has 0 aliphatic rings. The minimum atomic E-state index is 0.122. The monoisotopic (exact) mass is 241 g/mol. The second-order valence-corrected chi connectivity index (χ2v) is 3.55. The van der Waals surface area contributed by atoms with Gasteiger partial charge in [-0.15, -0.1) is 6.42 Å². The van der Waals surface area contributed by atoms with E-state index in [-0.39, 0.29) is 6.04 Å². The van der Waals surface area contributed by atoms with E-state index in [1.807, 2.05) is 6.07 Å². The lowest BCUT2D eigenvalue weighted by Crippen LogP contribution is -2.25. The molecule has 1 atom stereocenters. The van der Waals surface area contributed by atoms with Crippen molar-refractivity contribution in [3.63, 3.8) is 0 Å². The van der Waals surface area contributed by atoms with E-state index in [0.717, 1.165) is 16.7 Å². The summed E-state index contributed by atoms with van der Waals surface area (Å²) in [5, 5.41) is 3.20. The van der Waals surface area contributed by atoms with E-state index >= 15 is 0 Å². The summed E-state index contributed by atoms with van der Waals surface area (Å²) in [6, 6.07) is 1.99. The Morgan fingerprint density at radius 3 is 3.00 bits per heavy atom. The van der Waals surface area contributed by atoms with Crippen molar-refractivity contribution in [1.82, 2.24) is 5.32 Å². The Labute approximate surface area is 86.8 Å². The SMILES string of the molecule is C#CC(CC)NCc1occc1Br. The first kappa shape index (κ1) is 10.4. The molecule has 70 valence electrons. The average molecular weight is 242 g/mol. The standard InChI is InChI=1S/C10H12BrNO/c1-3-8(4-2)12-7-10-9(11)5-6-13-10/h1,5-6,8,12H,4,7H2,2H3. The number of hydrogen-bond donors (Lipinski definition) is 1. The summed E-state index contributed by atoms with van der Waals surface area (Å²) in [6.07, 6.45) is 7.88. The first-order valence-electron chi connectivity index (χ1n) is 4.19. The van der Waals surface area contributed by atoms with Crippen molar-refractivity contribution >= 4 is 15.9 Å². The Bertz CT molecular complexity index is 300. The molecule has 1 heterocycles. The lowest BCUT2D eigenvalue weighted by Gasteiger charge is -2.08. The van der Waals surface area contributed by atoms with Crippen molar-refractivity contribution in [3.8, 4) is 12.3 Å². The number of rotatable bonds is 4. The first-order valence-corrected chi connectivity index (χ1v) is 4.98. The minimum Gasteiger partial charge on any atom is -0.467 e. The summed E-state index contributed by atoms with van der Waals surface area (Å²) in [6.45, 7) is 2.71. The maximum atomic E-state index is 5.31. The molecule has 0 amide bonds. The summed E-state index contributed by atoms with van der Waals surface area (Å²) < 4.78 is 6.20. The fourth-order valence-electron chi connectivity index (χ4n) is 0.988. The van der Waals surface area contributed by atoms with Gasteiger partial charge in [0.25, 0.3) is 0 Å². The quantitative estimate of drug-likeness (QED) is 0.821. The number of nitrogens with one attached hydrogen (secondary N) is 1. The van der Waals surface area contributed by atoms with Crippen LogP contribution in [0.1, 0.15) is 19.1 Å². The molecule has 0 fully saturated rings. The maximum Gasteiger partial charge on any atom is 0.131 e. The molecule has 3 heteroatoms. The van der Waals surface area contributed by atoms with Crippen LogP contribution in [0, 0.1) is 12.3 Å². The third-order valence-electron chi connectivity index (χ3n) is 1.81. The van der Waals surface area contributed by atoms with Crippen LogP contribution in [-0.4, -0.2) is 6.04 Å². The highest BCUT2D eigenvalue weighted by Crippen LogP contribution is 2.17. The van der Waals surface area contributed by atoms with Crippen LogP contribution in [0.25, 0.3) is 0 Å². The van der Waals surface area contributed by atoms with E-state index in [0.29, 0.717) is 6.54 Å². The van der Waals surface area contributed by atoms with Crippen LogP contribution in [-0.2, 0) is 6.54 Å². The smallest absolute Gasteiger partial charge is 0.131 e. The predicted octanol–water partition coefficient (Wildman–Crippen LogP) is 2.54. The highest BCUT2D eigenvalue weighted by molar-refractivity contribution is 9.10. The van der Waals surface area contributed by atoms with Crippen LogP contribution in [0.5, 0.6) is 0 Å². The van der Waals surface area contributed by atoms with E-state index in [2.05, 4.69) is 34.1 Å². The Morgan fingerprint density at radius 1 is 1.77 bits per heavy atom. The predicted molar refractivity (Wildman–Crippen MR) is 56.2 cm³/mol. The van der Waals surface area contributed by atoms with Gasteiger partial charge in [0.2, 0.25) is 0 Å².